The topological polar surface area (TPSA) is 29.5 Å². The summed E-state index contributed by atoms with van der Waals surface area (Å²) in [5.74, 6) is 0.726. The summed E-state index contributed by atoms with van der Waals surface area (Å²) in [6, 6.07) is 9.52. The average Bonchev–Trinajstić information content (AvgIpc) is 2.29. The molecular weight excluding hydrogens is 190 g/mol. The molecule has 0 unspecified atom stereocenters. The first-order valence-electron chi connectivity index (χ1n) is 4.79. The monoisotopic (exact) mass is 205 g/mol. The SMILES string of the molecule is C=CC(=O)N(C)CCOc1ccccc1. The molecule has 15 heavy (non-hydrogen) atoms. The third-order valence-electron chi connectivity index (χ3n) is 1.99. The third-order valence-corrected chi connectivity index (χ3v) is 1.99. The fourth-order valence-electron chi connectivity index (χ4n) is 1.08. The van der Waals surface area contributed by atoms with Crippen molar-refractivity contribution >= 4 is 5.91 Å². The van der Waals surface area contributed by atoms with Crippen molar-refractivity contribution in [3.63, 3.8) is 0 Å². The van der Waals surface area contributed by atoms with Gasteiger partial charge in [-0.05, 0) is 18.2 Å². The van der Waals surface area contributed by atoms with Crippen LogP contribution in [0.1, 0.15) is 0 Å². The molecule has 3 heteroatoms. The Labute approximate surface area is 90.0 Å². The van der Waals surface area contributed by atoms with E-state index in [4.69, 9.17) is 4.74 Å². The summed E-state index contributed by atoms with van der Waals surface area (Å²) in [4.78, 5) is 12.7. The van der Waals surface area contributed by atoms with Crippen molar-refractivity contribution in [2.24, 2.45) is 0 Å². The minimum Gasteiger partial charge on any atom is -0.492 e. The van der Waals surface area contributed by atoms with Crippen LogP contribution in [-0.2, 0) is 4.79 Å². The minimum absolute atomic E-state index is 0.0911. The second kappa shape index (κ2) is 5.86. The first kappa shape index (κ1) is 11.3. The van der Waals surface area contributed by atoms with Crippen molar-refractivity contribution in [1.82, 2.24) is 4.90 Å². The fourth-order valence-corrected chi connectivity index (χ4v) is 1.08. The summed E-state index contributed by atoms with van der Waals surface area (Å²) in [5.41, 5.74) is 0. The molecule has 0 aliphatic carbocycles. The number of hydrogen-bond donors (Lipinski definition) is 0. The number of para-hydroxylation sites is 1. The molecule has 3 nitrogen and oxygen atoms in total. The smallest absolute Gasteiger partial charge is 0.245 e. The lowest BCUT2D eigenvalue weighted by atomic mass is 10.3. The molecule has 0 heterocycles. The summed E-state index contributed by atoms with van der Waals surface area (Å²) >= 11 is 0. The Bertz CT molecular complexity index is 322. The van der Waals surface area contributed by atoms with Crippen LogP contribution >= 0.6 is 0 Å². The number of hydrogen-bond acceptors (Lipinski definition) is 2. The van der Waals surface area contributed by atoms with Crippen LogP contribution in [0.25, 0.3) is 0 Å². The number of rotatable bonds is 5. The molecule has 0 atom stereocenters. The van der Waals surface area contributed by atoms with Gasteiger partial charge in [0, 0.05) is 7.05 Å². The van der Waals surface area contributed by atoms with E-state index in [9.17, 15) is 4.79 Å². The van der Waals surface area contributed by atoms with Gasteiger partial charge in [-0.1, -0.05) is 24.8 Å². The number of benzene rings is 1. The Morgan fingerprint density at radius 1 is 1.47 bits per heavy atom. The van der Waals surface area contributed by atoms with Crippen LogP contribution in [0, 0.1) is 0 Å². The quantitative estimate of drug-likeness (QED) is 0.685. The summed E-state index contributed by atoms with van der Waals surface area (Å²) in [7, 11) is 1.72. The van der Waals surface area contributed by atoms with E-state index in [1.807, 2.05) is 30.3 Å². The van der Waals surface area contributed by atoms with Crippen molar-refractivity contribution in [3.05, 3.63) is 43.0 Å². The highest BCUT2D eigenvalue weighted by Gasteiger charge is 2.02. The molecule has 0 spiro atoms. The average molecular weight is 205 g/mol. The fraction of sp³-hybridized carbons (Fsp3) is 0.250. The molecule has 1 rings (SSSR count). The van der Waals surface area contributed by atoms with Gasteiger partial charge in [0.1, 0.15) is 12.4 Å². The van der Waals surface area contributed by atoms with Gasteiger partial charge in [-0.15, -0.1) is 0 Å². The molecule has 1 aromatic carbocycles. The number of likely N-dealkylation sites (N-methyl/N-ethyl adjacent to an activating group) is 1. The molecule has 0 aromatic heterocycles. The number of carbonyl (C=O) groups excluding carboxylic acids is 1. The Kier molecular flexibility index (Phi) is 4.41. The highest BCUT2D eigenvalue weighted by atomic mass is 16.5. The van der Waals surface area contributed by atoms with Crippen molar-refractivity contribution in [3.8, 4) is 5.75 Å². The molecule has 0 saturated carbocycles. The van der Waals surface area contributed by atoms with Gasteiger partial charge in [-0.25, -0.2) is 0 Å². The van der Waals surface area contributed by atoms with E-state index in [1.165, 1.54) is 6.08 Å². The second-order valence-corrected chi connectivity index (χ2v) is 3.13. The van der Waals surface area contributed by atoms with Gasteiger partial charge in [0.05, 0.1) is 6.54 Å². The first-order valence-corrected chi connectivity index (χ1v) is 4.79. The molecule has 1 amide bonds. The Morgan fingerprint density at radius 2 is 2.13 bits per heavy atom. The molecule has 0 radical (unpaired) electrons. The summed E-state index contributed by atoms with van der Waals surface area (Å²) in [6.07, 6.45) is 1.29. The first-order chi connectivity index (χ1) is 7.24. The largest absolute Gasteiger partial charge is 0.492 e. The molecule has 0 fully saturated rings. The van der Waals surface area contributed by atoms with E-state index in [0.717, 1.165) is 5.75 Å². The van der Waals surface area contributed by atoms with E-state index in [0.29, 0.717) is 13.2 Å². The third kappa shape index (κ3) is 3.85. The number of ether oxygens (including phenoxy) is 1. The van der Waals surface area contributed by atoms with Crippen LogP contribution < -0.4 is 4.74 Å². The van der Waals surface area contributed by atoms with Crippen molar-refractivity contribution in [1.29, 1.82) is 0 Å². The van der Waals surface area contributed by atoms with Gasteiger partial charge < -0.3 is 9.64 Å². The van der Waals surface area contributed by atoms with Crippen molar-refractivity contribution in [2.75, 3.05) is 20.2 Å². The maximum atomic E-state index is 11.1. The Hall–Kier alpha value is -1.77. The molecule has 0 bridgehead atoms. The number of nitrogens with zero attached hydrogens (tertiary/aromatic N) is 1. The number of amides is 1. The lowest BCUT2D eigenvalue weighted by molar-refractivity contribution is -0.125. The van der Waals surface area contributed by atoms with E-state index in [2.05, 4.69) is 6.58 Å². The lowest BCUT2D eigenvalue weighted by Crippen LogP contribution is -2.29. The number of carbonyl (C=O) groups is 1. The zero-order chi connectivity index (χ0) is 11.1. The van der Waals surface area contributed by atoms with E-state index in [1.54, 1.807) is 11.9 Å². The van der Waals surface area contributed by atoms with Gasteiger partial charge >= 0.3 is 0 Å². The van der Waals surface area contributed by atoms with Gasteiger partial charge in [0.25, 0.3) is 0 Å². The summed E-state index contributed by atoms with van der Waals surface area (Å²) in [6.45, 7) is 4.46. The standard InChI is InChI=1S/C12H15NO2/c1-3-12(14)13(2)9-10-15-11-7-5-4-6-8-11/h3-8H,1,9-10H2,2H3. The molecule has 1 aromatic rings. The summed E-state index contributed by atoms with van der Waals surface area (Å²) < 4.78 is 5.44. The lowest BCUT2D eigenvalue weighted by Gasteiger charge is -2.15. The van der Waals surface area contributed by atoms with Crippen molar-refractivity contribution in [2.45, 2.75) is 0 Å². The van der Waals surface area contributed by atoms with Gasteiger partial charge in [-0.3, -0.25) is 4.79 Å². The molecule has 80 valence electrons. The molecule has 0 N–H and O–H groups in total. The van der Waals surface area contributed by atoms with Gasteiger partial charge in [0.15, 0.2) is 0 Å². The van der Waals surface area contributed by atoms with Crippen LogP contribution in [0.2, 0.25) is 0 Å². The van der Waals surface area contributed by atoms with Gasteiger partial charge in [0.2, 0.25) is 5.91 Å². The van der Waals surface area contributed by atoms with Crippen LogP contribution in [0.15, 0.2) is 43.0 Å². The highest BCUT2D eigenvalue weighted by Crippen LogP contribution is 2.07. The maximum Gasteiger partial charge on any atom is 0.245 e. The Balaban J connectivity index is 2.28. The molecular formula is C12H15NO2. The van der Waals surface area contributed by atoms with Crippen LogP contribution in [-0.4, -0.2) is 31.0 Å². The van der Waals surface area contributed by atoms with Crippen molar-refractivity contribution < 1.29 is 9.53 Å². The normalized spacial score (nSPS) is 9.40. The second-order valence-electron chi connectivity index (χ2n) is 3.13. The predicted octanol–water partition coefficient (Wildman–Crippen LogP) is 1.71. The molecule has 0 aliphatic heterocycles. The van der Waals surface area contributed by atoms with Crippen LogP contribution in [0.4, 0.5) is 0 Å². The van der Waals surface area contributed by atoms with Gasteiger partial charge in [-0.2, -0.15) is 0 Å². The zero-order valence-corrected chi connectivity index (χ0v) is 8.85. The zero-order valence-electron chi connectivity index (χ0n) is 8.85. The summed E-state index contributed by atoms with van der Waals surface area (Å²) in [5, 5.41) is 0. The maximum absolute atomic E-state index is 11.1. The van der Waals surface area contributed by atoms with Crippen LogP contribution in [0.5, 0.6) is 5.75 Å². The highest BCUT2D eigenvalue weighted by molar-refractivity contribution is 5.86. The minimum atomic E-state index is -0.0911. The van der Waals surface area contributed by atoms with Crippen LogP contribution in [0.3, 0.4) is 0 Å². The Morgan fingerprint density at radius 3 is 2.73 bits per heavy atom. The predicted molar refractivity (Wildman–Crippen MR) is 59.8 cm³/mol. The van der Waals surface area contributed by atoms with E-state index in [-0.39, 0.29) is 5.91 Å². The van der Waals surface area contributed by atoms with E-state index < -0.39 is 0 Å². The molecule has 0 aliphatic rings. The molecule has 0 saturated heterocycles. The van der Waals surface area contributed by atoms with E-state index >= 15 is 0 Å².